The summed E-state index contributed by atoms with van der Waals surface area (Å²) in [6.07, 6.45) is 3.43. The van der Waals surface area contributed by atoms with E-state index in [2.05, 4.69) is 39.3 Å². The van der Waals surface area contributed by atoms with Gasteiger partial charge in [-0.3, -0.25) is 19.8 Å². The van der Waals surface area contributed by atoms with Crippen LogP contribution in [0, 0.1) is 17.0 Å². The summed E-state index contributed by atoms with van der Waals surface area (Å²) >= 11 is 0. The lowest BCUT2D eigenvalue weighted by Crippen LogP contribution is -2.34. The Morgan fingerprint density at radius 3 is 2.50 bits per heavy atom. The van der Waals surface area contributed by atoms with Crippen molar-refractivity contribution in [2.24, 2.45) is 0 Å². The maximum absolute atomic E-state index is 12.5. The number of fused-ring (bicyclic) bond motifs is 1. The normalized spacial score (nSPS) is 11.0. The van der Waals surface area contributed by atoms with Crippen molar-refractivity contribution in [1.82, 2.24) is 14.9 Å². The molecule has 3 aromatic rings. The van der Waals surface area contributed by atoms with Crippen LogP contribution < -0.4 is 10.6 Å². The third kappa shape index (κ3) is 5.76. The molecule has 0 bridgehead atoms. The number of hydrogen-bond acceptors (Lipinski definition) is 7. The lowest BCUT2D eigenvalue weighted by Gasteiger charge is -2.20. The Morgan fingerprint density at radius 2 is 1.84 bits per heavy atom. The third-order valence-electron chi connectivity index (χ3n) is 5.04. The number of aromatic nitrogens is 2. The van der Waals surface area contributed by atoms with E-state index < -0.39 is 4.92 Å². The summed E-state index contributed by atoms with van der Waals surface area (Å²) in [6, 6.07) is 10.1. The largest absolute Gasteiger partial charge is 0.340 e. The molecule has 0 saturated carbocycles. The topological polar surface area (TPSA) is 113 Å². The molecule has 0 aliphatic rings. The van der Waals surface area contributed by atoms with Crippen LogP contribution in [0.25, 0.3) is 10.9 Å². The van der Waals surface area contributed by atoms with Crippen molar-refractivity contribution in [2.45, 2.75) is 33.6 Å². The van der Waals surface area contributed by atoms with Gasteiger partial charge in [-0.1, -0.05) is 13.8 Å². The van der Waals surface area contributed by atoms with E-state index in [9.17, 15) is 14.9 Å². The monoisotopic (exact) mass is 436 g/mol. The minimum atomic E-state index is -0.444. The Hall–Kier alpha value is -3.59. The van der Waals surface area contributed by atoms with Crippen LogP contribution in [0.4, 0.5) is 22.9 Å². The van der Waals surface area contributed by atoms with E-state index in [4.69, 9.17) is 0 Å². The van der Waals surface area contributed by atoms with Gasteiger partial charge in [0.1, 0.15) is 12.1 Å². The van der Waals surface area contributed by atoms with E-state index in [0.29, 0.717) is 23.3 Å². The minimum Gasteiger partial charge on any atom is -0.340 e. The summed E-state index contributed by atoms with van der Waals surface area (Å²) in [5.74, 6) is 0.439. The van der Waals surface area contributed by atoms with Crippen LogP contribution in [-0.2, 0) is 4.79 Å². The second-order valence-electron chi connectivity index (χ2n) is 7.66. The molecule has 3 rings (SSSR count). The maximum Gasteiger partial charge on any atom is 0.270 e. The summed E-state index contributed by atoms with van der Waals surface area (Å²) < 4.78 is 0. The standard InChI is InChI=1S/C23H28N6O3/c1-4-10-28(11-5-2)14-22(30)27-20-8-6-17(12-16(20)3)26-23-19-13-18(29(31)32)7-9-21(19)24-15-25-23/h6-9,12-13,15H,4-5,10-11,14H2,1-3H3,(H,27,30)(H,24,25,26). The molecule has 0 radical (unpaired) electrons. The SMILES string of the molecule is CCCN(CCC)CC(=O)Nc1ccc(Nc2ncnc3ccc([N+](=O)[O-])cc23)cc1C. The highest BCUT2D eigenvalue weighted by atomic mass is 16.6. The molecule has 168 valence electrons. The van der Waals surface area contributed by atoms with Gasteiger partial charge < -0.3 is 10.6 Å². The number of rotatable bonds is 10. The fourth-order valence-electron chi connectivity index (χ4n) is 3.57. The van der Waals surface area contributed by atoms with Crippen molar-refractivity contribution in [3.05, 3.63) is 58.4 Å². The molecule has 9 heteroatoms. The van der Waals surface area contributed by atoms with Crippen molar-refractivity contribution in [3.8, 4) is 0 Å². The van der Waals surface area contributed by atoms with Crippen LogP contribution in [0.15, 0.2) is 42.7 Å². The fraction of sp³-hybridized carbons (Fsp3) is 0.348. The molecule has 2 N–H and O–H groups in total. The number of aryl methyl sites for hydroxylation is 1. The quantitative estimate of drug-likeness (QED) is 0.351. The highest BCUT2D eigenvalue weighted by molar-refractivity contribution is 5.94. The summed E-state index contributed by atoms with van der Waals surface area (Å²) in [4.78, 5) is 33.8. The number of nitro groups is 1. The number of anilines is 3. The summed E-state index contributed by atoms with van der Waals surface area (Å²) in [6.45, 7) is 8.29. The van der Waals surface area contributed by atoms with Gasteiger partial charge in [-0.2, -0.15) is 0 Å². The predicted molar refractivity (Wildman–Crippen MR) is 126 cm³/mol. The first-order valence-electron chi connectivity index (χ1n) is 10.7. The molecule has 0 spiro atoms. The molecule has 0 saturated heterocycles. The molecule has 2 aromatic carbocycles. The number of nitrogens with zero attached hydrogens (tertiary/aromatic N) is 4. The first-order chi connectivity index (χ1) is 15.4. The number of nitrogens with one attached hydrogen (secondary N) is 2. The Morgan fingerprint density at radius 1 is 1.09 bits per heavy atom. The molecule has 0 aliphatic heterocycles. The average molecular weight is 437 g/mol. The van der Waals surface area contributed by atoms with E-state index in [1.54, 1.807) is 6.07 Å². The molecule has 1 aromatic heterocycles. The molecule has 1 amide bonds. The van der Waals surface area contributed by atoms with E-state index >= 15 is 0 Å². The van der Waals surface area contributed by atoms with Gasteiger partial charge in [0.15, 0.2) is 0 Å². The highest BCUT2D eigenvalue weighted by Crippen LogP contribution is 2.28. The van der Waals surface area contributed by atoms with Gasteiger partial charge in [0.2, 0.25) is 5.91 Å². The van der Waals surface area contributed by atoms with Crippen molar-refractivity contribution in [1.29, 1.82) is 0 Å². The van der Waals surface area contributed by atoms with Crippen molar-refractivity contribution in [2.75, 3.05) is 30.3 Å². The molecular weight excluding hydrogens is 408 g/mol. The molecule has 0 unspecified atom stereocenters. The zero-order chi connectivity index (χ0) is 23.1. The second kappa shape index (κ2) is 10.6. The number of nitro benzene ring substituents is 1. The maximum atomic E-state index is 12.5. The van der Waals surface area contributed by atoms with Gasteiger partial charge >= 0.3 is 0 Å². The van der Waals surface area contributed by atoms with Gasteiger partial charge in [-0.15, -0.1) is 0 Å². The Bertz CT molecular complexity index is 1110. The number of carbonyl (C=O) groups is 1. The van der Waals surface area contributed by atoms with Crippen molar-refractivity contribution < 1.29 is 9.72 Å². The number of hydrogen-bond donors (Lipinski definition) is 2. The summed E-state index contributed by atoms with van der Waals surface area (Å²) in [7, 11) is 0. The molecule has 0 aliphatic carbocycles. The Balaban J connectivity index is 1.75. The van der Waals surface area contributed by atoms with Crippen molar-refractivity contribution >= 4 is 39.7 Å². The molecule has 32 heavy (non-hydrogen) atoms. The average Bonchev–Trinajstić information content (AvgIpc) is 2.76. The van der Waals surface area contributed by atoms with Crippen LogP contribution in [0.5, 0.6) is 0 Å². The number of non-ortho nitro benzene ring substituents is 1. The van der Waals surface area contributed by atoms with E-state index in [-0.39, 0.29) is 11.6 Å². The third-order valence-corrected chi connectivity index (χ3v) is 5.04. The summed E-state index contributed by atoms with van der Waals surface area (Å²) in [5, 5.41) is 17.9. The molecule has 0 atom stereocenters. The van der Waals surface area contributed by atoms with E-state index in [1.807, 2.05) is 25.1 Å². The lowest BCUT2D eigenvalue weighted by molar-refractivity contribution is -0.384. The van der Waals surface area contributed by atoms with Crippen LogP contribution in [0.3, 0.4) is 0 Å². The van der Waals surface area contributed by atoms with Crippen molar-refractivity contribution in [3.63, 3.8) is 0 Å². The van der Waals surface area contributed by atoms with Crippen LogP contribution >= 0.6 is 0 Å². The predicted octanol–water partition coefficient (Wildman–Crippen LogP) is 4.65. The molecular formula is C23H28N6O3. The van der Waals surface area contributed by atoms with Gasteiger partial charge in [0.05, 0.1) is 17.0 Å². The first-order valence-corrected chi connectivity index (χ1v) is 10.7. The minimum absolute atomic E-state index is 0.0234. The molecule has 0 fully saturated rings. The van der Waals surface area contributed by atoms with E-state index in [0.717, 1.165) is 42.9 Å². The van der Waals surface area contributed by atoms with Gasteiger partial charge in [-0.05, 0) is 62.7 Å². The second-order valence-corrected chi connectivity index (χ2v) is 7.66. The lowest BCUT2D eigenvalue weighted by atomic mass is 10.1. The zero-order valence-electron chi connectivity index (χ0n) is 18.6. The summed E-state index contributed by atoms with van der Waals surface area (Å²) in [5.41, 5.74) is 2.98. The Kier molecular flexibility index (Phi) is 7.67. The van der Waals surface area contributed by atoms with Crippen LogP contribution in [-0.4, -0.2) is 45.3 Å². The van der Waals surface area contributed by atoms with Gasteiger partial charge in [-0.25, -0.2) is 9.97 Å². The van der Waals surface area contributed by atoms with Gasteiger partial charge in [0.25, 0.3) is 5.69 Å². The number of carbonyl (C=O) groups excluding carboxylic acids is 1. The van der Waals surface area contributed by atoms with Crippen LogP contribution in [0.1, 0.15) is 32.3 Å². The Labute approximate surface area is 187 Å². The fourth-order valence-corrected chi connectivity index (χ4v) is 3.57. The number of amides is 1. The first kappa shape index (κ1) is 23.1. The zero-order valence-corrected chi connectivity index (χ0v) is 18.6. The highest BCUT2D eigenvalue weighted by Gasteiger charge is 2.13. The molecule has 9 nitrogen and oxygen atoms in total. The van der Waals surface area contributed by atoms with E-state index in [1.165, 1.54) is 18.5 Å². The smallest absolute Gasteiger partial charge is 0.270 e. The molecule has 1 heterocycles. The van der Waals surface area contributed by atoms with Crippen LogP contribution in [0.2, 0.25) is 0 Å². The van der Waals surface area contributed by atoms with Gasteiger partial charge in [0, 0.05) is 28.9 Å². The number of benzene rings is 2.